The molecule has 2 rings (SSSR count). The number of rotatable bonds is 2. The Bertz CT molecular complexity index is 459. The first-order valence-corrected chi connectivity index (χ1v) is 5.24. The normalized spacial score (nSPS) is 27.0. The summed E-state index contributed by atoms with van der Waals surface area (Å²) in [6.45, 7) is 0. The first kappa shape index (κ1) is 12.0. The number of carboxylic acid groups (broad SMARTS) is 1. The Labute approximate surface area is 96.1 Å². The number of aliphatic carboxylic acids is 1. The Balaban J connectivity index is 2.51. The molecule has 0 spiro atoms. The Morgan fingerprint density at radius 2 is 1.88 bits per heavy atom. The van der Waals surface area contributed by atoms with Crippen LogP contribution in [0.2, 0.25) is 0 Å². The van der Waals surface area contributed by atoms with Crippen molar-refractivity contribution in [1.82, 2.24) is 0 Å². The van der Waals surface area contributed by atoms with Gasteiger partial charge in [-0.1, -0.05) is 18.2 Å². The largest absolute Gasteiger partial charge is 0.481 e. The average molecular weight is 244 g/mol. The molecule has 1 aliphatic carbocycles. The number of carboxylic acids is 1. The minimum absolute atomic E-state index is 0.148. The van der Waals surface area contributed by atoms with E-state index in [0.29, 0.717) is 0 Å². The van der Waals surface area contributed by atoms with Gasteiger partial charge in [0.2, 0.25) is 5.92 Å². The molecule has 1 aromatic carbocycles. The lowest BCUT2D eigenvalue weighted by atomic mass is 9.78. The van der Waals surface area contributed by atoms with Crippen LogP contribution in [0.4, 0.5) is 13.2 Å². The second-order valence-electron chi connectivity index (χ2n) is 4.40. The van der Waals surface area contributed by atoms with Crippen LogP contribution in [-0.4, -0.2) is 17.0 Å². The number of hydrogen-bond acceptors (Lipinski definition) is 1. The fourth-order valence-electron chi connectivity index (χ4n) is 2.39. The number of halogens is 3. The molecule has 92 valence electrons. The minimum atomic E-state index is -3.04. The quantitative estimate of drug-likeness (QED) is 0.868. The van der Waals surface area contributed by atoms with Crippen LogP contribution >= 0.6 is 0 Å². The molecule has 0 radical (unpaired) electrons. The number of hydrogen-bond donors (Lipinski definition) is 1. The highest BCUT2D eigenvalue weighted by Crippen LogP contribution is 2.49. The Morgan fingerprint density at radius 3 is 2.35 bits per heavy atom. The summed E-state index contributed by atoms with van der Waals surface area (Å²) in [7, 11) is 0. The molecule has 1 saturated carbocycles. The van der Waals surface area contributed by atoms with Gasteiger partial charge < -0.3 is 5.11 Å². The third kappa shape index (κ3) is 1.90. The zero-order valence-electron chi connectivity index (χ0n) is 8.92. The van der Waals surface area contributed by atoms with Crippen molar-refractivity contribution >= 4 is 5.97 Å². The molecule has 1 aliphatic rings. The standard InChI is InChI=1S/C12H11F3O2/c13-9-4-2-1-3-8(9)11(10(16)17)5-6-12(14,15)7-11/h1-4H,5-7H2,(H,16,17). The highest BCUT2D eigenvalue weighted by atomic mass is 19.3. The van der Waals surface area contributed by atoms with Crippen molar-refractivity contribution in [2.24, 2.45) is 0 Å². The van der Waals surface area contributed by atoms with Gasteiger partial charge in [0.25, 0.3) is 0 Å². The third-order valence-electron chi connectivity index (χ3n) is 3.28. The topological polar surface area (TPSA) is 37.3 Å². The van der Waals surface area contributed by atoms with Gasteiger partial charge in [0.1, 0.15) is 11.2 Å². The van der Waals surface area contributed by atoms with E-state index in [-0.39, 0.29) is 12.0 Å². The van der Waals surface area contributed by atoms with Crippen molar-refractivity contribution in [3.05, 3.63) is 35.6 Å². The molecule has 0 saturated heterocycles. The Hall–Kier alpha value is -1.52. The van der Waals surface area contributed by atoms with E-state index in [2.05, 4.69) is 0 Å². The summed E-state index contributed by atoms with van der Waals surface area (Å²) in [5.41, 5.74) is -1.95. The van der Waals surface area contributed by atoms with Crippen LogP contribution in [-0.2, 0) is 10.2 Å². The average Bonchev–Trinajstić information content (AvgIpc) is 2.56. The summed E-state index contributed by atoms with van der Waals surface area (Å²) in [6, 6.07) is 5.22. The highest BCUT2D eigenvalue weighted by Gasteiger charge is 2.55. The fraction of sp³-hybridized carbons (Fsp3) is 0.417. The zero-order chi connectivity index (χ0) is 12.7. The lowest BCUT2D eigenvalue weighted by molar-refractivity contribution is -0.145. The van der Waals surface area contributed by atoms with Crippen molar-refractivity contribution in [1.29, 1.82) is 0 Å². The predicted molar refractivity (Wildman–Crippen MR) is 54.5 cm³/mol. The molecule has 1 fully saturated rings. The molecule has 2 nitrogen and oxygen atoms in total. The number of alkyl halides is 2. The molecular weight excluding hydrogens is 233 g/mol. The maximum atomic E-state index is 13.6. The van der Waals surface area contributed by atoms with Gasteiger partial charge >= 0.3 is 5.97 Å². The van der Waals surface area contributed by atoms with Crippen molar-refractivity contribution < 1.29 is 23.1 Å². The summed E-state index contributed by atoms with van der Waals surface area (Å²) in [6.07, 6.45) is -1.60. The van der Waals surface area contributed by atoms with Gasteiger partial charge in [-0.15, -0.1) is 0 Å². The van der Waals surface area contributed by atoms with Crippen LogP contribution < -0.4 is 0 Å². The molecule has 1 atom stereocenters. The van der Waals surface area contributed by atoms with Gasteiger partial charge in [-0.05, 0) is 12.5 Å². The molecule has 0 aliphatic heterocycles. The first-order valence-electron chi connectivity index (χ1n) is 5.24. The van der Waals surface area contributed by atoms with Crippen molar-refractivity contribution in [2.75, 3.05) is 0 Å². The predicted octanol–water partition coefficient (Wildman–Crippen LogP) is 2.97. The summed E-state index contributed by atoms with van der Waals surface area (Å²) in [4.78, 5) is 11.3. The van der Waals surface area contributed by atoms with Gasteiger partial charge in [-0.3, -0.25) is 4.79 Å². The second kappa shape index (κ2) is 3.75. The van der Waals surface area contributed by atoms with E-state index in [1.54, 1.807) is 0 Å². The zero-order valence-corrected chi connectivity index (χ0v) is 8.92. The van der Waals surface area contributed by atoms with Crippen molar-refractivity contribution in [2.45, 2.75) is 30.6 Å². The molecule has 1 aromatic rings. The van der Waals surface area contributed by atoms with Crippen LogP contribution in [0.5, 0.6) is 0 Å². The lowest BCUT2D eigenvalue weighted by Crippen LogP contribution is -2.35. The van der Waals surface area contributed by atoms with Gasteiger partial charge in [0, 0.05) is 18.4 Å². The second-order valence-corrected chi connectivity index (χ2v) is 4.40. The molecular formula is C12H11F3O2. The van der Waals surface area contributed by atoms with E-state index in [0.717, 1.165) is 6.07 Å². The molecule has 1 unspecified atom stereocenters. The Kier molecular flexibility index (Phi) is 2.64. The molecule has 1 N–H and O–H groups in total. The maximum absolute atomic E-state index is 13.6. The molecule has 17 heavy (non-hydrogen) atoms. The van der Waals surface area contributed by atoms with Crippen LogP contribution in [0.25, 0.3) is 0 Å². The smallest absolute Gasteiger partial charge is 0.314 e. The maximum Gasteiger partial charge on any atom is 0.314 e. The molecule has 0 aromatic heterocycles. The van der Waals surface area contributed by atoms with Gasteiger partial charge in [0.15, 0.2) is 0 Å². The third-order valence-corrected chi connectivity index (χ3v) is 3.28. The van der Waals surface area contributed by atoms with Crippen LogP contribution in [0.1, 0.15) is 24.8 Å². The first-order chi connectivity index (χ1) is 7.87. The molecule has 0 bridgehead atoms. The SMILES string of the molecule is O=C(O)C1(c2ccccc2F)CCC(F)(F)C1. The van der Waals surface area contributed by atoms with E-state index in [4.69, 9.17) is 0 Å². The summed E-state index contributed by atoms with van der Waals surface area (Å²) in [5, 5.41) is 9.17. The van der Waals surface area contributed by atoms with E-state index >= 15 is 0 Å². The summed E-state index contributed by atoms with van der Waals surface area (Å²) >= 11 is 0. The lowest BCUT2D eigenvalue weighted by Gasteiger charge is -2.24. The fourth-order valence-corrected chi connectivity index (χ4v) is 2.39. The van der Waals surface area contributed by atoms with E-state index in [9.17, 15) is 23.1 Å². The van der Waals surface area contributed by atoms with Gasteiger partial charge in [-0.2, -0.15) is 0 Å². The van der Waals surface area contributed by atoms with Crippen LogP contribution in [0.15, 0.2) is 24.3 Å². The minimum Gasteiger partial charge on any atom is -0.481 e. The monoisotopic (exact) mass is 244 g/mol. The molecule has 0 amide bonds. The summed E-state index contributed by atoms with van der Waals surface area (Å²) in [5.74, 6) is -5.17. The van der Waals surface area contributed by atoms with E-state index in [1.807, 2.05) is 0 Å². The Morgan fingerprint density at radius 1 is 1.24 bits per heavy atom. The highest BCUT2D eigenvalue weighted by molar-refractivity contribution is 5.82. The number of benzene rings is 1. The van der Waals surface area contributed by atoms with Crippen LogP contribution in [0, 0.1) is 5.82 Å². The van der Waals surface area contributed by atoms with Gasteiger partial charge in [0.05, 0.1) is 0 Å². The number of carbonyl (C=O) groups is 1. The van der Waals surface area contributed by atoms with Gasteiger partial charge in [-0.25, -0.2) is 13.2 Å². The van der Waals surface area contributed by atoms with Crippen molar-refractivity contribution in [3.8, 4) is 0 Å². The molecule has 0 heterocycles. The van der Waals surface area contributed by atoms with Crippen LogP contribution in [0.3, 0.4) is 0 Å². The van der Waals surface area contributed by atoms with E-state index < -0.39 is 36.0 Å². The van der Waals surface area contributed by atoms with Crippen molar-refractivity contribution in [3.63, 3.8) is 0 Å². The van der Waals surface area contributed by atoms with E-state index in [1.165, 1.54) is 18.2 Å². The summed E-state index contributed by atoms with van der Waals surface area (Å²) < 4.78 is 40.1. The molecule has 5 heteroatoms.